The van der Waals surface area contributed by atoms with Crippen molar-refractivity contribution in [2.45, 2.75) is 45.3 Å². The molecule has 0 radical (unpaired) electrons. The maximum atomic E-state index is 12.2. The number of fused-ring (bicyclic) bond motifs is 1. The van der Waals surface area contributed by atoms with Gasteiger partial charge in [0.1, 0.15) is 5.60 Å². The third-order valence-electron chi connectivity index (χ3n) is 3.78. The molecule has 1 atom stereocenters. The molecule has 1 N–H and O–H groups in total. The average Bonchev–Trinajstić information content (AvgIpc) is 2.93. The highest BCUT2D eigenvalue weighted by atomic mass is 32.1. The van der Waals surface area contributed by atoms with E-state index in [1.165, 1.54) is 4.70 Å². The molecule has 0 spiro atoms. The van der Waals surface area contributed by atoms with Crippen molar-refractivity contribution < 1.29 is 9.53 Å². The number of hydrogen-bond acceptors (Lipinski definition) is 5. The predicted octanol–water partition coefficient (Wildman–Crippen LogP) is 4.11. The van der Waals surface area contributed by atoms with Crippen molar-refractivity contribution in [3.05, 3.63) is 23.7 Å². The van der Waals surface area contributed by atoms with Crippen LogP contribution in [-0.2, 0) is 4.74 Å². The minimum atomic E-state index is -0.450. The second-order valence-electron chi connectivity index (χ2n) is 6.94. The van der Waals surface area contributed by atoms with E-state index >= 15 is 0 Å². The third kappa shape index (κ3) is 4.13. The molecule has 1 saturated heterocycles. The zero-order chi connectivity index (χ0) is 16.4. The monoisotopic (exact) mass is 333 g/mol. The minimum Gasteiger partial charge on any atom is -0.444 e. The van der Waals surface area contributed by atoms with Crippen LogP contribution in [0.3, 0.4) is 0 Å². The summed E-state index contributed by atoms with van der Waals surface area (Å²) in [6, 6.07) is 6.46. The predicted molar refractivity (Wildman–Crippen MR) is 94.1 cm³/mol. The van der Waals surface area contributed by atoms with Crippen LogP contribution in [-0.4, -0.2) is 40.7 Å². The maximum Gasteiger partial charge on any atom is 0.410 e. The standard InChI is InChI=1S/C17H23N3O2S/c1-17(2,3)22-16(21)20-8-4-5-13(10-20)19-12-6-7-14-15(9-12)23-11-18-14/h6-7,9,11,13,19H,4-5,8,10H2,1-3H3. The molecule has 1 fully saturated rings. The summed E-state index contributed by atoms with van der Waals surface area (Å²) in [5, 5.41) is 3.54. The van der Waals surface area contributed by atoms with Crippen LogP contribution in [0.1, 0.15) is 33.6 Å². The molecular formula is C17H23N3O2S. The Bertz CT molecular complexity index is 692. The van der Waals surface area contributed by atoms with Crippen LogP contribution >= 0.6 is 11.3 Å². The molecule has 23 heavy (non-hydrogen) atoms. The molecule has 0 aliphatic carbocycles. The quantitative estimate of drug-likeness (QED) is 0.898. The summed E-state index contributed by atoms with van der Waals surface area (Å²) in [5.74, 6) is 0. The number of likely N-dealkylation sites (tertiary alicyclic amines) is 1. The summed E-state index contributed by atoms with van der Waals surface area (Å²) in [5.41, 5.74) is 3.52. The van der Waals surface area contributed by atoms with E-state index in [0.717, 1.165) is 30.6 Å². The summed E-state index contributed by atoms with van der Waals surface area (Å²) in [4.78, 5) is 18.3. The van der Waals surface area contributed by atoms with Crippen molar-refractivity contribution in [2.75, 3.05) is 18.4 Å². The van der Waals surface area contributed by atoms with Crippen LogP contribution in [0, 0.1) is 0 Å². The van der Waals surface area contributed by atoms with E-state index in [9.17, 15) is 4.79 Å². The Kier molecular flexibility index (Phi) is 4.43. The molecular weight excluding hydrogens is 310 g/mol. The molecule has 1 amide bonds. The van der Waals surface area contributed by atoms with Crippen molar-refractivity contribution in [3.63, 3.8) is 0 Å². The lowest BCUT2D eigenvalue weighted by molar-refractivity contribution is 0.0206. The highest BCUT2D eigenvalue weighted by Crippen LogP contribution is 2.24. The molecule has 2 heterocycles. The van der Waals surface area contributed by atoms with Crippen LogP contribution < -0.4 is 5.32 Å². The lowest BCUT2D eigenvalue weighted by atomic mass is 10.1. The van der Waals surface area contributed by atoms with Gasteiger partial charge in [-0.15, -0.1) is 11.3 Å². The van der Waals surface area contributed by atoms with Crippen LogP contribution in [0.5, 0.6) is 0 Å². The number of rotatable bonds is 2. The van der Waals surface area contributed by atoms with Crippen molar-refractivity contribution >= 4 is 33.3 Å². The number of aromatic nitrogens is 1. The third-order valence-corrected chi connectivity index (χ3v) is 4.57. The Morgan fingerprint density at radius 2 is 2.26 bits per heavy atom. The van der Waals surface area contributed by atoms with Crippen LogP contribution in [0.2, 0.25) is 0 Å². The first-order valence-electron chi connectivity index (χ1n) is 7.98. The van der Waals surface area contributed by atoms with Gasteiger partial charge in [0.15, 0.2) is 0 Å². The van der Waals surface area contributed by atoms with Gasteiger partial charge < -0.3 is 15.0 Å². The minimum absolute atomic E-state index is 0.220. The first kappa shape index (κ1) is 16.1. The molecule has 0 bridgehead atoms. The van der Waals surface area contributed by atoms with E-state index in [0.29, 0.717) is 6.54 Å². The molecule has 5 nitrogen and oxygen atoms in total. The molecule has 124 valence electrons. The molecule has 1 unspecified atom stereocenters. The Hall–Kier alpha value is -1.82. The fourth-order valence-electron chi connectivity index (χ4n) is 2.77. The van der Waals surface area contributed by atoms with Gasteiger partial charge in [0.05, 0.1) is 15.7 Å². The van der Waals surface area contributed by atoms with Crippen molar-refractivity contribution in [3.8, 4) is 0 Å². The van der Waals surface area contributed by atoms with Crippen LogP contribution in [0.25, 0.3) is 10.2 Å². The van der Waals surface area contributed by atoms with Gasteiger partial charge in [-0.25, -0.2) is 9.78 Å². The fourth-order valence-corrected chi connectivity index (χ4v) is 3.48. The molecule has 0 saturated carbocycles. The van der Waals surface area contributed by atoms with Gasteiger partial charge in [-0.05, 0) is 51.8 Å². The number of ether oxygens (including phenoxy) is 1. The van der Waals surface area contributed by atoms with Gasteiger partial charge in [-0.3, -0.25) is 0 Å². The number of carbonyl (C=O) groups excluding carboxylic acids is 1. The Balaban J connectivity index is 1.63. The summed E-state index contributed by atoms with van der Waals surface area (Å²) in [6.45, 7) is 7.13. The topological polar surface area (TPSA) is 54.5 Å². The molecule has 3 rings (SSSR count). The SMILES string of the molecule is CC(C)(C)OC(=O)N1CCCC(Nc2ccc3ncsc3c2)C1. The number of nitrogens with one attached hydrogen (secondary N) is 1. The van der Waals surface area contributed by atoms with Gasteiger partial charge in [0.25, 0.3) is 0 Å². The van der Waals surface area contributed by atoms with Crippen molar-refractivity contribution in [2.24, 2.45) is 0 Å². The number of nitrogens with zero attached hydrogens (tertiary/aromatic N) is 2. The summed E-state index contributed by atoms with van der Waals surface area (Å²) < 4.78 is 6.65. The van der Waals surface area contributed by atoms with Crippen LogP contribution in [0.15, 0.2) is 23.7 Å². The number of carbonyl (C=O) groups is 1. The zero-order valence-electron chi connectivity index (χ0n) is 13.8. The summed E-state index contributed by atoms with van der Waals surface area (Å²) in [7, 11) is 0. The van der Waals surface area contributed by atoms with E-state index < -0.39 is 5.60 Å². The first-order chi connectivity index (χ1) is 10.9. The number of benzene rings is 1. The van der Waals surface area contributed by atoms with Crippen LogP contribution in [0.4, 0.5) is 10.5 Å². The highest BCUT2D eigenvalue weighted by molar-refractivity contribution is 7.16. The fraction of sp³-hybridized carbons (Fsp3) is 0.529. The van der Waals surface area contributed by atoms with Gasteiger partial charge in [-0.1, -0.05) is 0 Å². The normalized spacial score (nSPS) is 18.9. The number of piperidine rings is 1. The van der Waals surface area contributed by atoms with E-state index in [-0.39, 0.29) is 12.1 Å². The van der Waals surface area contributed by atoms with Gasteiger partial charge in [-0.2, -0.15) is 0 Å². The number of anilines is 1. The first-order valence-corrected chi connectivity index (χ1v) is 8.86. The van der Waals surface area contributed by atoms with Gasteiger partial charge in [0, 0.05) is 24.8 Å². The second-order valence-corrected chi connectivity index (χ2v) is 7.83. The number of hydrogen-bond donors (Lipinski definition) is 1. The van der Waals surface area contributed by atoms with Gasteiger partial charge in [0.2, 0.25) is 0 Å². The summed E-state index contributed by atoms with van der Waals surface area (Å²) >= 11 is 1.64. The maximum absolute atomic E-state index is 12.2. The van der Waals surface area contributed by atoms with E-state index in [2.05, 4.69) is 22.4 Å². The largest absolute Gasteiger partial charge is 0.444 e. The molecule has 1 aromatic heterocycles. The summed E-state index contributed by atoms with van der Waals surface area (Å²) in [6.07, 6.45) is 1.82. The molecule has 1 aromatic carbocycles. The average molecular weight is 333 g/mol. The van der Waals surface area contributed by atoms with Gasteiger partial charge >= 0.3 is 6.09 Å². The Labute approximate surface area is 140 Å². The Morgan fingerprint density at radius 3 is 3.04 bits per heavy atom. The Morgan fingerprint density at radius 1 is 1.43 bits per heavy atom. The van der Waals surface area contributed by atoms with Crippen molar-refractivity contribution in [1.29, 1.82) is 0 Å². The van der Waals surface area contributed by atoms with Crippen molar-refractivity contribution in [1.82, 2.24) is 9.88 Å². The zero-order valence-corrected chi connectivity index (χ0v) is 14.7. The molecule has 6 heteroatoms. The molecule has 2 aromatic rings. The highest BCUT2D eigenvalue weighted by Gasteiger charge is 2.27. The molecule has 1 aliphatic rings. The van der Waals surface area contributed by atoms with E-state index in [4.69, 9.17) is 4.74 Å². The van der Waals surface area contributed by atoms with E-state index in [1.807, 2.05) is 32.3 Å². The lowest BCUT2D eigenvalue weighted by Gasteiger charge is -2.34. The smallest absolute Gasteiger partial charge is 0.410 e. The number of thiazole rings is 1. The second kappa shape index (κ2) is 6.35. The molecule has 1 aliphatic heterocycles. The van der Waals surface area contributed by atoms with E-state index in [1.54, 1.807) is 16.2 Å². The lowest BCUT2D eigenvalue weighted by Crippen LogP contribution is -2.46. The number of amides is 1.